The Bertz CT molecular complexity index is 373. The van der Waals surface area contributed by atoms with Crippen LogP contribution in [-0.2, 0) is 9.53 Å². The van der Waals surface area contributed by atoms with E-state index in [0.717, 1.165) is 5.69 Å². The molecule has 0 spiro atoms. The summed E-state index contributed by atoms with van der Waals surface area (Å²) in [4.78, 5) is 26.0. The van der Waals surface area contributed by atoms with Crippen molar-refractivity contribution in [1.82, 2.24) is 4.98 Å². The van der Waals surface area contributed by atoms with Gasteiger partial charge in [0.05, 0.1) is 5.56 Å². The maximum absolute atomic E-state index is 11.4. The van der Waals surface area contributed by atoms with E-state index in [9.17, 15) is 9.59 Å². The standard InChI is InChI=1S/C10H12N2O3/c1-6-3-4-8(5-12-6)10(14)15-7(2)9(11)13/h3-5,7H,1-2H3,(H2,11,13)/t7-/m0/s1. The molecular weight excluding hydrogens is 196 g/mol. The lowest BCUT2D eigenvalue weighted by molar-refractivity contribution is -0.125. The number of hydrogen-bond donors (Lipinski definition) is 1. The molecule has 1 aromatic rings. The van der Waals surface area contributed by atoms with Gasteiger partial charge in [-0.25, -0.2) is 4.79 Å². The quantitative estimate of drug-likeness (QED) is 0.730. The Morgan fingerprint density at radius 1 is 1.47 bits per heavy atom. The summed E-state index contributed by atoms with van der Waals surface area (Å²) in [6.45, 7) is 3.23. The van der Waals surface area contributed by atoms with Crippen molar-refractivity contribution in [3.05, 3.63) is 29.6 Å². The van der Waals surface area contributed by atoms with Crippen molar-refractivity contribution in [1.29, 1.82) is 0 Å². The van der Waals surface area contributed by atoms with Crippen molar-refractivity contribution in [2.24, 2.45) is 5.73 Å². The van der Waals surface area contributed by atoms with Crippen LogP contribution in [0.15, 0.2) is 18.3 Å². The van der Waals surface area contributed by atoms with E-state index in [4.69, 9.17) is 10.5 Å². The lowest BCUT2D eigenvalue weighted by atomic mass is 10.2. The normalized spacial score (nSPS) is 11.9. The van der Waals surface area contributed by atoms with E-state index in [2.05, 4.69) is 4.98 Å². The zero-order valence-corrected chi connectivity index (χ0v) is 8.56. The zero-order valence-electron chi connectivity index (χ0n) is 8.56. The number of hydrogen-bond acceptors (Lipinski definition) is 4. The lowest BCUT2D eigenvalue weighted by Crippen LogP contribution is -2.30. The summed E-state index contributed by atoms with van der Waals surface area (Å²) in [7, 11) is 0. The van der Waals surface area contributed by atoms with Crippen LogP contribution in [0.5, 0.6) is 0 Å². The van der Waals surface area contributed by atoms with E-state index in [0.29, 0.717) is 5.56 Å². The van der Waals surface area contributed by atoms with E-state index in [-0.39, 0.29) is 0 Å². The number of aryl methyl sites for hydroxylation is 1. The molecule has 80 valence electrons. The highest BCUT2D eigenvalue weighted by molar-refractivity contribution is 5.91. The summed E-state index contributed by atoms with van der Waals surface area (Å²) < 4.78 is 4.78. The molecule has 0 aliphatic heterocycles. The van der Waals surface area contributed by atoms with Crippen LogP contribution in [0.1, 0.15) is 23.0 Å². The first-order valence-corrected chi connectivity index (χ1v) is 4.43. The number of amides is 1. The first-order chi connectivity index (χ1) is 7.00. The minimum absolute atomic E-state index is 0.300. The molecule has 0 aromatic carbocycles. The van der Waals surface area contributed by atoms with Gasteiger partial charge in [-0.15, -0.1) is 0 Å². The molecule has 1 rings (SSSR count). The summed E-state index contributed by atoms with van der Waals surface area (Å²) in [6.07, 6.45) is 0.463. The van der Waals surface area contributed by atoms with Crippen molar-refractivity contribution in [2.75, 3.05) is 0 Å². The molecule has 0 aliphatic carbocycles. The Labute approximate surface area is 87.3 Å². The summed E-state index contributed by atoms with van der Waals surface area (Å²) in [6, 6.07) is 3.27. The molecule has 0 aliphatic rings. The SMILES string of the molecule is Cc1ccc(C(=O)O[C@@H](C)C(N)=O)cn1. The first kappa shape index (κ1) is 11.2. The third-order valence-corrected chi connectivity index (χ3v) is 1.83. The largest absolute Gasteiger partial charge is 0.449 e. The summed E-state index contributed by atoms with van der Waals surface area (Å²) in [5, 5.41) is 0. The van der Waals surface area contributed by atoms with Crippen LogP contribution in [0.3, 0.4) is 0 Å². The number of ether oxygens (including phenoxy) is 1. The van der Waals surface area contributed by atoms with Crippen LogP contribution in [0, 0.1) is 6.92 Å². The average molecular weight is 208 g/mol. The highest BCUT2D eigenvalue weighted by atomic mass is 16.5. The maximum atomic E-state index is 11.4. The van der Waals surface area contributed by atoms with Gasteiger partial charge in [0.15, 0.2) is 6.10 Å². The fourth-order valence-electron chi connectivity index (χ4n) is 0.875. The Morgan fingerprint density at radius 3 is 2.60 bits per heavy atom. The van der Waals surface area contributed by atoms with Crippen LogP contribution >= 0.6 is 0 Å². The first-order valence-electron chi connectivity index (χ1n) is 4.43. The Hall–Kier alpha value is -1.91. The van der Waals surface area contributed by atoms with E-state index in [1.54, 1.807) is 19.1 Å². The summed E-state index contributed by atoms with van der Waals surface area (Å²) >= 11 is 0. The Kier molecular flexibility index (Phi) is 3.38. The minimum atomic E-state index is -0.932. The van der Waals surface area contributed by atoms with E-state index < -0.39 is 18.0 Å². The van der Waals surface area contributed by atoms with Gasteiger partial charge in [0.2, 0.25) is 0 Å². The number of carbonyl (C=O) groups is 2. The fraction of sp³-hybridized carbons (Fsp3) is 0.300. The molecule has 1 heterocycles. The smallest absolute Gasteiger partial charge is 0.340 e. The molecular formula is C10H12N2O3. The van der Waals surface area contributed by atoms with Crippen molar-refractivity contribution in [3.8, 4) is 0 Å². The Morgan fingerprint density at radius 2 is 2.13 bits per heavy atom. The number of nitrogens with zero attached hydrogens (tertiary/aromatic N) is 1. The Balaban J connectivity index is 2.69. The van der Waals surface area contributed by atoms with Gasteiger partial charge >= 0.3 is 5.97 Å². The van der Waals surface area contributed by atoms with Gasteiger partial charge in [-0.2, -0.15) is 0 Å². The summed E-state index contributed by atoms with van der Waals surface area (Å²) in [5.74, 6) is -1.28. The number of primary amides is 1. The topological polar surface area (TPSA) is 82.3 Å². The van der Waals surface area contributed by atoms with Crippen molar-refractivity contribution < 1.29 is 14.3 Å². The molecule has 0 fully saturated rings. The molecule has 0 saturated carbocycles. The fourth-order valence-corrected chi connectivity index (χ4v) is 0.875. The van der Waals surface area contributed by atoms with Gasteiger partial charge in [0, 0.05) is 11.9 Å². The molecule has 5 heteroatoms. The van der Waals surface area contributed by atoms with Crippen LogP contribution in [0.25, 0.3) is 0 Å². The third kappa shape index (κ3) is 3.05. The van der Waals surface area contributed by atoms with Crippen LogP contribution in [0.2, 0.25) is 0 Å². The molecule has 0 unspecified atom stereocenters. The second-order valence-electron chi connectivity index (χ2n) is 3.14. The van der Waals surface area contributed by atoms with Crippen LogP contribution < -0.4 is 5.73 Å². The van der Waals surface area contributed by atoms with Gasteiger partial charge < -0.3 is 10.5 Å². The zero-order chi connectivity index (χ0) is 11.4. The molecule has 1 amide bonds. The number of nitrogens with two attached hydrogens (primary N) is 1. The highest BCUT2D eigenvalue weighted by Gasteiger charge is 2.15. The van der Waals surface area contributed by atoms with Crippen LogP contribution in [-0.4, -0.2) is 23.0 Å². The second kappa shape index (κ2) is 4.54. The molecule has 5 nitrogen and oxygen atoms in total. The molecule has 0 saturated heterocycles. The van der Waals surface area contributed by atoms with Gasteiger partial charge in [-0.1, -0.05) is 0 Å². The van der Waals surface area contributed by atoms with Gasteiger partial charge in [0.25, 0.3) is 5.91 Å². The van der Waals surface area contributed by atoms with E-state index >= 15 is 0 Å². The number of esters is 1. The van der Waals surface area contributed by atoms with Crippen molar-refractivity contribution in [3.63, 3.8) is 0 Å². The highest BCUT2D eigenvalue weighted by Crippen LogP contribution is 2.03. The van der Waals surface area contributed by atoms with Gasteiger partial charge in [0.1, 0.15) is 0 Å². The predicted molar refractivity (Wildman–Crippen MR) is 53.0 cm³/mol. The molecule has 1 atom stereocenters. The van der Waals surface area contributed by atoms with Gasteiger partial charge in [-0.3, -0.25) is 9.78 Å². The predicted octanol–water partition coefficient (Wildman–Crippen LogP) is 0.421. The van der Waals surface area contributed by atoms with Gasteiger partial charge in [-0.05, 0) is 26.0 Å². The second-order valence-corrected chi connectivity index (χ2v) is 3.14. The number of rotatable bonds is 3. The minimum Gasteiger partial charge on any atom is -0.449 e. The summed E-state index contributed by atoms with van der Waals surface area (Å²) in [5.41, 5.74) is 6.05. The number of aromatic nitrogens is 1. The molecule has 0 bridgehead atoms. The van der Waals surface area contributed by atoms with Crippen LogP contribution in [0.4, 0.5) is 0 Å². The monoisotopic (exact) mass is 208 g/mol. The number of pyridine rings is 1. The average Bonchev–Trinajstić information content (AvgIpc) is 2.18. The molecule has 0 radical (unpaired) electrons. The lowest BCUT2D eigenvalue weighted by Gasteiger charge is -2.08. The molecule has 15 heavy (non-hydrogen) atoms. The van der Waals surface area contributed by atoms with Crippen molar-refractivity contribution >= 4 is 11.9 Å². The molecule has 2 N–H and O–H groups in total. The maximum Gasteiger partial charge on any atom is 0.340 e. The van der Waals surface area contributed by atoms with E-state index in [1.807, 2.05) is 0 Å². The molecule has 1 aromatic heterocycles. The van der Waals surface area contributed by atoms with E-state index in [1.165, 1.54) is 13.1 Å². The number of carbonyl (C=O) groups excluding carboxylic acids is 2. The van der Waals surface area contributed by atoms with Crippen molar-refractivity contribution in [2.45, 2.75) is 20.0 Å². The third-order valence-electron chi connectivity index (χ3n) is 1.83.